The Morgan fingerprint density at radius 1 is 1.19 bits per heavy atom. The first-order chi connectivity index (χ1) is 10.0. The zero-order chi connectivity index (χ0) is 15.4. The third-order valence-corrected chi connectivity index (χ3v) is 3.75. The van der Waals surface area contributed by atoms with Crippen molar-refractivity contribution in [3.63, 3.8) is 0 Å². The van der Waals surface area contributed by atoms with Gasteiger partial charge in [-0.1, -0.05) is 42.3 Å². The molecule has 110 valence electrons. The topological polar surface area (TPSA) is 55.2 Å². The highest BCUT2D eigenvalue weighted by Crippen LogP contribution is 2.31. The van der Waals surface area contributed by atoms with Crippen molar-refractivity contribution in [1.82, 2.24) is 0 Å². The van der Waals surface area contributed by atoms with Gasteiger partial charge >= 0.3 is 0 Å². The van der Waals surface area contributed by atoms with E-state index in [1.807, 2.05) is 31.2 Å². The van der Waals surface area contributed by atoms with Crippen LogP contribution in [-0.4, -0.2) is 4.92 Å². The van der Waals surface area contributed by atoms with Gasteiger partial charge in [0.25, 0.3) is 5.69 Å². The number of anilines is 1. The first-order valence-electron chi connectivity index (χ1n) is 6.47. The molecule has 2 aromatic rings. The number of non-ortho nitro benzene ring substituents is 1. The van der Waals surface area contributed by atoms with Gasteiger partial charge in [-0.3, -0.25) is 10.1 Å². The average Bonchev–Trinajstić information content (AvgIpc) is 2.47. The molecular formula is C15H14Cl2N2O2. The maximum atomic E-state index is 10.8. The summed E-state index contributed by atoms with van der Waals surface area (Å²) in [5.41, 5.74) is 1.60. The molecule has 1 atom stereocenters. The molecule has 0 spiro atoms. The third-order valence-electron chi connectivity index (χ3n) is 3.17. The number of nitrogens with zero attached hydrogens (tertiary/aromatic N) is 1. The second kappa shape index (κ2) is 6.78. The van der Waals surface area contributed by atoms with Crippen LogP contribution in [0, 0.1) is 10.1 Å². The monoisotopic (exact) mass is 324 g/mol. The van der Waals surface area contributed by atoms with E-state index in [1.165, 1.54) is 18.2 Å². The SMILES string of the molecule is CCC(Nc1cc([N+](=O)[O-])ccc1Cl)c1ccc(Cl)cc1. The summed E-state index contributed by atoms with van der Waals surface area (Å²) < 4.78 is 0. The summed E-state index contributed by atoms with van der Waals surface area (Å²) in [6.07, 6.45) is 0.806. The quantitative estimate of drug-likeness (QED) is 0.586. The van der Waals surface area contributed by atoms with E-state index in [4.69, 9.17) is 23.2 Å². The maximum absolute atomic E-state index is 10.8. The Labute approximate surface area is 132 Å². The molecular weight excluding hydrogens is 311 g/mol. The number of halogens is 2. The van der Waals surface area contributed by atoms with Crippen LogP contribution in [0.2, 0.25) is 10.0 Å². The van der Waals surface area contributed by atoms with E-state index in [0.717, 1.165) is 12.0 Å². The van der Waals surface area contributed by atoms with Crippen molar-refractivity contribution in [3.8, 4) is 0 Å². The molecule has 0 bridgehead atoms. The molecule has 0 saturated heterocycles. The number of nitro groups is 1. The summed E-state index contributed by atoms with van der Waals surface area (Å²) in [4.78, 5) is 10.4. The lowest BCUT2D eigenvalue weighted by molar-refractivity contribution is -0.384. The van der Waals surface area contributed by atoms with Gasteiger partial charge in [0.05, 0.1) is 21.7 Å². The Bertz CT molecular complexity index is 645. The van der Waals surface area contributed by atoms with E-state index >= 15 is 0 Å². The molecule has 4 nitrogen and oxygen atoms in total. The zero-order valence-electron chi connectivity index (χ0n) is 11.3. The molecule has 21 heavy (non-hydrogen) atoms. The Kier molecular flexibility index (Phi) is 5.04. The summed E-state index contributed by atoms with van der Waals surface area (Å²) in [6, 6.07) is 11.8. The van der Waals surface area contributed by atoms with Gasteiger partial charge in [0.15, 0.2) is 0 Å². The van der Waals surface area contributed by atoms with Crippen molar-refractivity contribution >= 4 is 34.6 Å². The minimum Gasteiger partial charge on any atom is -0.377 e. The molecule has 0 aliphatic rings. The van der Waals surface area contributed by atoms with Crippen LogP contribution in [0.25, 0.3) is 0 Å². The fourth-order valence-electron chi connectivity index (χ4n) is 2.04. The molecule has 0 amide bonds. The van der Waals surface area contributed by atoms with Crippen molar-refractivity contribution in [2.24, 2.45) is 0 Å². The first-order valence-corrected chi connectivity index (χ1v) is 7.22. The number of rotatable bonds is 5. The van der Waals surface area contributed by atoms with Gasteiger partial charge < -0.3 is 5.32 Å². The first kappa shape index (κ1) is 15.6. The third kappa shape index (κ3) is 3.86. The highest BCUT2D eigenvalue weighted by atomic mass is 35.5. The van der Waals surface area contributed by atoms with Gasteiger partial charge in [-0.05, 0) is 30.2 Å². The number of hydrogen-bond acceptors (Lipinski definition) is 3. The summed E-state index contributed by atoms with van der Waals surface area (Å²) >= 11 is 12.0. The van der Waals surface area contributed by atoms with E-state index in [1.54, 1.807) is 0 Å². The minimum atomic E-state index is -0.440. The summed E-state index contributed by atoms with van der Waals surface area (Å²) in [5.74, 6) is 0. The molecule has 2 aromatic carbocycles. The van der Waals surface area contributed by atoms with Gasteiger partial charge in [0.1, 0.15) is 0 Å². The standard InChI is InChI=1S/C15H14Cl2N2O2/c1-2-14(10-3-5-11(16)6-4-10)18-15-9-12(19(20)21)7-8-13(15)17/h3-9,14,18H,2H2,1H3. The summed E-state index contributed by atoms with van der Waals surface area (Å²) in [6.45, 7) is 2.03. The minimum absolute atomic E-state index is 0.00164. The molecule has 0 aliphatic heterocycles. The fraction of sp³-hybridized carbons (Fsp3) is 0.200. The molecule has 2 rings (SSSR count). The van der Waals surface area contributed by atoms with E-state index in [2.05, 4.69) is 5.32 Å². The molecule has 0 aromatic heterocycles. The molecule has 0 radical (unpaired) electrons. The summed E-state index contributed by atoms with van der Waals surface area (Å²) in [7, 11) is 0. The Morgan fingerprint density at radius 2 is 1.86 bits per heavy atom. The molecule has 1 unspecified atom stereocenters. The van der Waals surface area contributed by atoms with E-state index in [-0.39, 0.29) is 11.7 Å². The van der Waals surface area contributed by atoms with Crippen LogP contribution in [0.4, 0.5) is 11.4 Å². The van der Waals surface area contributed by atoms with Crippen LogP contribution >= 0.6 is 23.2 Å². The highest BCUT2D eigenvalue weighted by Gasteiger charge is 2.14. The maximum Gasteiger partial charge on any atom is 0.271 e. The van der Waals surface area contributed by atoms with Crippen LogP contribution in [0.15, 0.2) is 42.5 Å². The number of nitro benzene ring substituents is 1. The van der Waals surface area contributed by atoms with Crippen LogP contribution in [0.5, 0.6) is 0 Å². The van der Waals surface area contributed by atoms with Crippen molar-refractivity contribution in [3.05, 3.63) is 68.2 Å². The smallest absolute Gasteiger partial charge is 0.271 e. The Morgan fingerprint density at radius 3 is 2.43 bits per heavy atom. The molecule has 0 aliphatic carbocycles. The van der Waals surface area contributed by atoms with Crippen molar-refractivity contribution in [2.45, 2.75) is 19.4 Å². The Hall–Kier alpha value is -1.78. The van der Waals surface area contributed by atoms with E-state index < -0.39 is 4.92 Å². The normalized spacial score (nSPS) is 12.0. The lowest BCUT2D eigenvalue weighted by Gasteiger charge is -2.19. The van der Waals surface area contributed by atoms with Crippen LogP contribution in [-0.2, 0) is 0 Å². The molecule has 1 N–H and O–H groups in total. The van der Waals surface area contributed by atoms with Crippen molar-refractivity contribution < 1.29 is 4.92 Å². The lowest BCUT2D eigenvalue weighted by atomic mass is 10.0. The molecule has 0 saturated carbocycles. The number of hydrogen-bond donors (Lipinski definition) is 1. The van der Waals surface area contributed by atoms with Gasteiger partial charge in [-0.15, -0.1) is 0 Å². The van der Waals surface area contributed by atoms with Gasteiger partial charge in [0.2, 0.25) is 0 Å². The Balaban J connectivity index is 2.28. The van der Waals surface area contributed by atoms with Gasteiger partial charge in [-0.2, -0.15) is 0 Å². The van der Waals surface area contributed by atoms with E-state index in [9.17, 15) is 10.1 Å². The highest BCUT2D eigenvalue weighted by molar-refractivity contribution is 6.33. The molecule has 0 fully saturated rings. The van der Waals surface area contributed by atoms with Crippen LogP contribution < -0.4 is 5.32 Å². The van der Waals surface area contributed by atoms with Crippen molar-refractivity contribution in [2.75, 3.05) is 5.32 Å². The van der Waals surface area contributed by atoms with Crippen LogP contribution in [0.3, 0.4) is 0 Å². The molecule has 0 heterocycles. The second-order valence-electron chi connectivity index (χ2n) is 4.58. The summed E-state index contributed by atoms with van der Waals surface area (Å²) in [5, 5.41) is 15.2. The number of benzene rings is 2. The average molecular weight is 325 g/mol. The zero-order valence-corrected chi connectivity index (χ0v) is 12.9. The molecule has 6 heteroatoms. The predicted octanol–water partition coefficient (Wildman–Crippen LogP) is 5.46. The lowest BCUT2D eigenvalue weighted by Crippen LogP contribution is -2.10. The van der Waals surface area contributed by atoms with Crippen molar-refractivity contribution in [1.29, 1.82) is 0 Å². The fourth-order valence-corrected chi connectivity index (χ4v) is 2.34. The van der Waals surface area contributed by atoms with Gasteiger partial charge in [0, 0.05) is 17.2 Å². The number of nitrogens with one attached hydrogen (secondary N) is 1. The largest absolute Gasteiger partial charge is 0.377 e. The second-order valence-corrected chi connectivity index (χ2v) is 5.42. The predicted molar refractivity (Wildman–Crippen MR) is 86.2 cm³/mol. The van der Waals surface area contributed by atoms with Gasteiger partial charge in [-0.25, -0.2) is 0 Å². The van der Waals surface area contributed by atoms with E-state index in [0.29, 0.717) is 15.7 Å². The van der Waals surface area contributed by atoms with Crippen LogP contribution in [0.1, 0.15) is 24.9 Å².